The van der Waals surface area contributed by atoms with Crippen molar-refractivity contribution in [2.45, 2.75) is 24.9 Å². The van der Waals surface area contributed by atoms with E-state index in [1.807, 2.05) is 6.07 Å². The lowest BCUT2D eigenvalue weighted by molar-refractivity contribution is -0.127. The first kappa shape index (κ1) is 18.6. The number of H-pyrrole nitrogens is 1. The number of imidazole rings is 1. The van der Waals surface area contributed by atoms with Crippen LogP contribution < -0.4 is 10.6 Å². The maximum Gasteiger partial charge on any atom is 0.255 e. The topological polar surface area (TPSA) is 107 Å². The SMILES string of the molecule is O=C(CNC(=O)C1c2ccccc2C(=O)N1C1CC1)Nc1cc(Cl)cc2[nH]cnc12. The van der Waals surface area contributed by atoms with Crippen molar-refractivity contribution in [1.29, 1.82) is 0 Å². The molecule has 3 aromatic rings. The molecule has 2 heterocycles. The van der Waals surface area contributed by atoms with E-state index in [1.54, 1.807) is 35.2 Å². The van der Waals surface area contributed by atoms with Crippen LogP contribution in [0, 0.1) is 0 Å². The molecule has 2 aliphatic rings. The minimum absolute atomic E-state index is 0.0777. The number of rotatable bonds is 5. The molecule has 1 unspecified atom stereocenters. The molecule has 3 N–H and O–H groups in total. The van der Waals surface area contributed by atoms with E-state index in [9.17, 15) is 14.4 Å². The summed E-state index contributed by atoms with van der Waals surface area (Å²) in [5, 5.41) is 5.85. The first-order valence-corrected chi connectivity index (χ1v) is 10.0. The second-order valence-electron chi connectivity index (χ2n) is 7.45. The van der Waals surface area contributed by atoms with E-state index in [2.05, 4.69) is 20.6 Å². The molecule has 3 amide bonds. The highest BCUT2D eigenvalue weighted by atomic mass is 35.5. The summed E-state index contributed by atoms with van der Waals surface area (Å²) >= 11 is 6.08. The van der Waals surface area contributed by atoms with Crippen molar-refractivity contribution in [2.75, 3.05) is 11.9 Å². The predicted molar refractivity (Wildman–Crippen MR) is 111 cm³/mol. The number of fused-ring (bicyclic) bond motifs is 2. The highest BCUT2D eigenvalue weighted by molar-refractivity contribution is 6.32. The third kappa shape index (κ3) is 3.19. The van der Waals surface area contributed by atoms with Gasteiger partial charge < -0.3 is 20.5 Å². The number of nitrogens with zero attached hydrogens (tertiary/aromatic N) is 2. The Hall–Kier alpha value is -3.39. The normalized spacial score (nSPS) is 17.8. The van der Waals surface area contributed by atoms with Crippen LogP contribution in [0.4, 0.5) is 5.69 Å². The molecule has 0 radical (unpaired) electrons. The Kier molecular flexibility index (Phi) is 4.43. The van der Waals surface area contributed by atoms with Crippen LogP contribution in [0.1, 0.15) is 34.8 Å². The Bertz CT molecular complexity index is 1190. The molecule has 1 aliphatic heterocycles. The van der Waals surface area contributed by atoms with Gasteiger partial charge in [0.2, 0.25) is 11.8 Å². The summed E-state index contributed by atoms with van der Waals surface area (Å²) in [6, 6.07) is 9.81. The monoisotopic (exact) mass is 423 g/mol. The molecule has 1 saturated carbocycles. The van der Waals surface area contributed by atoms with Crippen LogP contribution in [-0.4, -0.2) is 45.2 Å². The Balaban J connectivity index is 1.30. The molecule has 5 rings (SSSR count). The highest BCUT2D eigenvalue weighted by Gasteiger charge is 2.47. The third-order valence-corrected chi connectivity index (χ3v) is 5.59. The van der Waals surface area contributed by atoms with Gasteiger partial charge in [-0.3, -0.25) is 14.4 Å². The number of benzene rings is 2. The van der Waals surface area contributed by atoms with Crippen LogP contribution in [0.15, 0.2) is 42.7 Å². The van der Waals surface area contributed by atoms with Crippen LogP contribution in [0.3, 0.4) is 0 Å². The van der Waals surface area contributed by atoms with E-state index < -0.39 is 11.9 Å². The van der Waals surface area contributed by atoms with Crippen molar-refractivity contribution in [1.82, 2.24) is 20.2 Å². The quantitative estimate of drug-likeness (QED) is 0.586. The molecule has 1 aromatic heterocycles. The summed E-state index contributed by atoms with van der Waals surface area (Å²) in [5.41, 5.74) is 2.96. The molecule has 0 saturated heterocycles. The lowest BCUT2D eigenvalue weighted by Gasteiger charge is -2.24. The van der Waals surface area contributed by atoms with Crippen LogP contribution in [0.2, 0.25) is 5.02 Å². The van der Waals surface area contributed by atoms with Crippen LogP contribution in [0.5, 0.6) is 0 Å². The fourth-order valence-corrected chi connectivity index (χ4v) is 4.12. The van der Waals surface area contributed by atoms with Gasteiger partial charge in [0.05, 0.1) is 24.1 Å². The van der Waals surface area contributed by atoms with Crippen molar-refractivity contribution in [3.05, 3.63) is 58.9 Å². The van der Waals surface area contributed by atoms with Gasteiger partial charge in [0.25, 0.3) is 5.91 Å². The predicted octanol–water partition coefficient (Wildman–Crippen LogP) is 2.63. The van der Waals surface area contributed by atoms with Gasteiger partial charge in [0, 0.05) is 16.6 Å². The van der Waals surface area contributed by atoms with Crippen molar-refractivity contribution in [3.63, 3.8) is 0 Å². The number of anilines is 1. The molecular formula is C21H18ClN5O3. The van der Waals surface area contributed by atoms with Gasteiger partial charge in [-0.1, -0.05) is 29.8 Å². The molecule has 30 heavy (non-hydrogen) atoms. The molecule has 2 aromatic carbocycles. The number of carbonyl (C=O) groups excluding carboxylic acids is 3. The zero-order valence-corrected chi connectivity index (χ0v) is 16.6. The Morgan fingerprint density at radius 1 is 1.23 bits per heavy atom. The number of nitrogens with one attached hydrogen (secondary N) is 3. The molecule has 1 aliphatic carbocycles. The zero-order valence-electron chi connectivity index (χ0n) is 15.8. The average molecular weight is 424 g/mol. The van der Waals surface area contributed by atoms with Crippen molar-refractivity contribution < 1.29 is 14.4 Å². The van der Waals surface area contributed by atoms with E-state index in [1.165, 1.54) is 6.33 Å². The highest BCUT2D eigenvalue weighted by Crippen LogP contribution is 2.41. The Labute approximate surface area is 176 Å². The number of hydrogen-bond acceptors (Lipinski definition) is 4. The zero-order chi connectivity index (χ0) is 20.8. The molecule has 1 fully saturated rings. The van der Waals surface area contributed by atoms with Crippen molar-refractivity contribution >= 4 is 46.0 Å². The number of aromatic nitrogens is 2. The standard InChI is InChI=1S/C21H18ClN5O3/c22-11-7-15-18(25-10-24-15)16(8-11)26-17(28)9-23-20(29)19-13-3-1-2-4-14(13)21(30)27(19)12-5-6-12/h1-4,7-8,10,12,19H,5-6,9H2,(H,23,29)(H,24,25)(H,26,28). The van der Waals surface area contributed by atoms with Crippen LogP contribution in [0.25, 0.3) is 11.0 Å². The van der Waals surface area contributed by atoms with Gasteiger partial charge in [-0.05, 0) is 36.6 Å². The number of amides is 3. The smallest absolute Gasteiger partial charge is 0.255 e. The first-order chi connectivity index (χ1) is 14.5. The summed E-state index contributed by atoms with van der Waals surface area (Å²) in [7, 11) is 0. The number of carbonyl (C=O) groups is 3. The molecule has 8 nitrogen and oxygen atoms in total. The van der Waals surface area contributed by atoms with Gasteiger partial charge in [-0.25, -0.2) is 4.98 Å². The Morgan fingerprint density at radius 2 is 2.03 bits per heavy atom. The summed E-state index contributed by atoms with van der Waals surface area (Å²) in [4.78, 5) is 46.9. The summed E-state index contributed by atoms with van der Waals surface area (Å²) < 4.78 is 0. The molecule has 9 heteroatoms. The van der Waals surface area contributed by atoms with Gasteiger partial charge >= 0.3 is 0 Å². The van der Waals surface area contributed by atoms with Crippen molar-refractivity contribution in [2.24, 2.45) is 0 Å². The van der Waals surface area contributed by atoms with Gasteiger partial charge in [-0.15, -0.1) is 0 Å². The fraction of sp³-hybridized carbons (Fsp3) is 0.238. The van der Waals surface area contributed by atoms with E-state index in [-0.39, 0.29) is 24.4 Å². The number of halogens is 1. The minimum Gasteiger partial charge on any atom is -0.345 e. The summed E-state index contributed by atoms with van der Waals surface area (Å²) in [6.07, 6.45) is 3.29. The molecular weight excluding hydrogens is 406 g/mol. The molecule has 0 spiro atoms. The lowest BCUT2D eigenvalue weighted by atomic mass is 10.0. The van der Waals surface area contributed by atoms with E-state index in [4.69, 9.17) is 11.6 Å². The summed E-state index contributed by atoms with van der Waals surface area (Å²) in [6.45, 7) is -0.234. The van der Waals surface area contributed by atoms with Gasteiger partial charge in [0.15, 0.2) is 0 Å². The van der Waals surface area contributed by atoms with Crippen LogP contribution in [-0.2, 0) is 9.59 Å². The van der Waals surface area contributed by atoms with Gasteiger partial charge in [0.1, 0.15) is 11.6 Å². The second-order valence-corrected chi connectivity index (χ2v) is 7.89. The lowest BCUT2D eigenvalue weighted by Crippen LogP contribution is -2.42. The third-order valence-electron chi connectivity index (χ3n) is 5.37. The van der Waals surface area contributed by atoms with Crippen molar-refractivity contribution in [3.8, 4) is 0 Å². The Morgan fingerprint density at radius 3 is 2.83 bits per heavy atom. The summed E-state index contributed by atoms with van der Waals surface area (Å²) in [5.74, 6) is -0.908. The minimum atomic E-state index is -0.710. The average Bonchev–Trinajstić information content (AvgIpc) is 3.38. The fourth-order valence-electron chi connectivity index (χ4n) is 3.90. The molecule has 0 bridgehead atoms. The largest absolute Gasteiger partial charge is 0.345 e. The molecule has 1 atom stereocenters. The number of aromatic amines is 1. The van der Waals surface area contributed by atoms with E-state index >= 15 is 0 Å². The van der Waals surface area contributed by atoms with E-state index in [0.717, 1.165) is 12.8 Å². The second kappa shape index (κ2) is 7.14. The van der Waals surface area contributed by atoms with E-state index in [0.29, 0.717) is 32.9 Å². The van der Waals surface area contributed by atoms with Crippen LogP contribution >= 0.6 is 11.6 Å². The van der Waals surface area contributed by atoms with Gasteiger partial charge in [-0.2, -0.15) is 0 Å². The molecule has 152 valence electrons. The maximum absolute atomic E-state index is 13.0. The number of hydrogen-bond donors (Lipinski definition) is 3. The maximum atomic E-state index is 13.0. The first-order valence-electron chi connectivity index (χ1n) is 9.64.